The Morgan fingerprint density at radius 3 is 2.79 bits per heavy atom. The van der Waals surface area contributed by atoms with Crippen molar-refractivity contribution in [1.82, 2.24) is 0 Å². The van der Waals surface area contributed by atoms with Crippen LogP contribution in [0, 0.1) is 10.1 Å². The molecule has 0 heterocycles. The van der Waals surface area contributed by atoms with E-state index in [9.17, 15) is 14.5 Å². The van der Waals surface area contributed by atoms with Crippen molar-refractivity contribution in [3.05, 3.63) is 38.9 Å². The van der Waals surface area contributed by atoms with Crippen LogP contribution in [0.1, 0.15) is 11.6 Å². The van der Waals surface area contributed by atoms with Crippen molar-refractivity contribution >= 4 is 17.3 Å². The summed E-state index contributed by atoms with van der Waals surface area (Å²) >= 11 is 5.56. The highest BCUT2D eigenvalue weighted by molar-refractivity contribution is 6.32. The zero-order valence-corrected chi connectivity index (χ0v) is 7.87. The fraction of sp³-hybridized carbons (Fsp3) is 0.250. The van der Waals surface area contributed by atoms with Crippen molar-refractivity contribution in [2.75, 3.05) is 6.67 Å². The van der Waals surface area contributed by atoms with Crippen LogP contribution in [0.2, 0.25) is 5.02 Å². The summed E-state index contributed by atoms with van der Waals surface area (Å²) in [6.07, 6.45) is 0. The fourth-order valence-corrected chi connectivity index (χ4v) is 1.18. The first-order chi connectivity index (χ1) is 6.56. The standard InChI is InChI=1S/C8H8ClFN2O2/c9-6-2-1-5(7(11)4-10)3-8(6)12(13)14/h1-3,7H,4,11H2/t7-/m0/s1. The highest BCUT2D eigenvalue weighted by Crippen LogP contribution is 2.27. The topological polar surface area (TPSA) is 69.2 Å². The Morgan fingerprint density at radius 1 is 1.64 bits per heavy atom. The van der Waals surface area contributed by atoms with Crippen molar-refractivity contribution in [3.63, 3.8) is 0 Å². The number of nitrogens with zero attached hydrogens (tertiary/aromatic N) is 1. The molecule has 2 N–H and O–H groups in total. The summed E-state index contributed by atoms with van der Waals surface area (Å²) in [7, 11) is 0. The maximum atomic E-state index is 12.2. The van der Waals surface area contributed by atoms with Crippen LogP contribution in [0.3, 0.4) is 0 Å². The summed E-state index contributed by atoms with van der Waals surface area (Å²) in [5.41, 5.74) is 5.48. The van der Waals surface area contributed by atoms with E-state index in [1.165, 1.54) is 18.2 Å². The minimum atomic E-state index is -0.842. The normalized spacial score (nSPS) is 12.5. The molecular weight excluding hydrogens is 211 g/mol. The Bertz CT molecular complexity index is 359. The van der Waals surface area contributed by atoms with Gasteiger partial charge in [-0.05, 0) is 11.6 Å². The number of alkyl halides is 1. The molecule has 0 aliphatic rings. The van der Waals surface area contributed by atoms with Crippen molar-refractivity contribution in [1.29, 1.82) is 0 Å². The molecule has 0 fully saturated rings. The van der Waals surface area contributed by atoms with Gasteiger partial charge in [0.05, 0.1) is 11.0 Å². The Labute approximate surface area is 84.6 Å². The molecule has 0 amide bonds. The van der Waals surface area contributed by atoms with Crippen molar-refractivity contribution in [3.8, 4) is 0 Å². The van der Waals surface area contributed by atoms with Crippen LogP contribution < -0.4 is 5.73 Å². The van der Waals surface area contributed by atoms with E-state index in [0.717, 1.165) is 0 Å². The lowest BCUT2D eigenvalue weighted by Crippen LogP contribution is -2.12. The molecule has 76 valence electrons. The van der Waals surface area contributed by atoms with Gasteiger partial charge >= 0.3 is 0 Å². The lowest BCUT2D eigenvalue weighted by Gasteiger charge is -2.06. The predicted molar refractivity (Wildman–Crippen MR) is 51.0 cm³/mol. The first kappa shape index (κ1) is 10.9. The van der Waals surface area contributed by atoms with Gasteiger partial charge in [-0.15, -0.1) is 0 Å². The zero-order chi connectivity index (χ0) is 10.7. The van der Waals surface area contributed by atoms with E-state index in [2.05, 4.69) is 0 Å². The number of benzene rings is 1. The van der Waals surface area contributed by atoms with Crippen LogP contribution in [-0.2, 0) is 0 Å². The third kappa shape index (κ3) is 2.18. The van der Waals surface area contributed by atoms with Gasteiger partial charge in [0.1, 0.15) is 11.7 Å². The average Bonchev–Trinajstić information content (AvgIpc) is 2.17. The minimum absolute atomic E-state index is 0.0183. The number of rotatable bonds is 3. The second kappa shape index (κ2) is 4.34. The summed E-state index contributed by atoms with van der Waals surface area (Å²) in [5.74, 6) is 0. The highest BCUT2D eigenvalue weighted by Gasteiger charge is 2.15. The van der Waals surface area contributed by atoms with E-state index < -0.39 is 17.6 Å². The molecule has 6 heteroatoms. The van der Waals surface area contributed by atoms with Crippen LogP contribution >= 0.6 is 11.6 Å². The van der Waals surface area contributed by atoms with E-state index in [1.54, 1.807) is 0 Å². The van der Waals surface area contributed by atoms with Crippen LogP contribution in [0.5, 0.6) is 0 Å². The lowest BCUT2D eigenvalue weighted by molar-refractivity contribution is -0.384. The third-order valence-electron chi connectivity index (χ3n) is 1.76. The summed E-state index contributed by atoms with van der Waals surface area (Å²) < 4.78 is 12.2. The minimum Gasteiger partial charge on any atom is -0.322 e. The van der Waals surface area contributed by atoms with E-state index in [-0.39, 0.29) is 10.7 Å². The Morgan fingerprint density at radius 2 is 2.29 bits per heavy atom. The van der Waals surface area contributed by atoms with E-state index in [1.807, 2.05) is 0 Å². The maximum Gasteiger partial charge on any atom is 0.288 e. The van der Waals surface area contributed by atoms with E-state index in [4.69, 9.17) is 17.3 Å². The van der Waals surface area contributed by atoms with Gasteiger partial charge in [0.15, 0.2) is 0 Å². The monoisotopic (exact) mass is 218 g/mol. The van der Waals surface area contributed by atoms with Crippen LogP contribution in [0.15, 0.2) is 18.2 Å². The Kier molecular flexibility index (Phi) is 3.38. The molecule has 1 rings (SSSR count). The number of hydrogen-bond acceptors (Lipinski definition) is 3. The number of nitro groups is 1. The van der Waals surface area contributed by atoms with Gasteiger partial charge in [-0.25, -0.2) is 4.39 Å². The van der Waals surface area contributed by atoms with E-state index >= 15 is 0 Å². The smallest absolute Gasteiger partial charge is 0.288 e. The Hall–Kier alpha value is -1.20. The molecule has 4 nitrogen and oxygen atoms in total. The van der Waals surface area contributed by atoms with Crippen LogP contribution in [-0.4, -0.2) is 11.6 Å². The van der Waals surface area contributed by atoms with Crippen molar-refractivity contribution in [2.45, 2.75) is 6.04 Å². The summed E-state index contributed by atoms with van der Waals surface area (Å²) in [6, 6.07) is 3.16. The van der Waals surface area contributed by atoms with Crippen molar-refractivity contribution in [2.24, 2.45) is 5.73 Å². The van der Waals surface area contributed by atoms with Gasteiger partial charge in [-0.3, -0.25) is 10.1 Å². The van der Waals surface area contributed by atoms with Crippen molar-refractivity contribution < 1.29 is 9.31 Å². The summed E-state index contributed by atoms with van der Waals surface area (Å²) in [4.78, 5) is 9.84. The van der Waals surface area contributed by atoms with Gasteiger partial charge in [0.2, 0.25) is 0 Å². The summed E-state index contributed by atoms with van der Waals surface area (Å²) in [6.45, 7) is -0.765. The lowest BCUT2D eigenvalue weighted by atomic mass is 10.1. The molecule has 0 aromatic heterocycles. The zero-order valence-electron chi connectivity index (χ0n) is 7.11. The molecule has 1 aromatic carbocycles. The van der Waals surface area contributed by atoms with Gasteiger partial charge in [-0.2, -0.15) is 0 Å². The molecule has 0 saturated carbocycles. The molecule has 1 aromatic rings. The summed E-state index contributed by atoms with van der Waals surface area (Å²) in [5, 5.41) is 10.5. The van der Waals surface area contributed by atoms with Gasteiger partial charge in [0, 0.05) is 6.07 Å². The molecule has 14 heavy (non-hydrogen) atoms. The molecule has 1 atom stereocenters. The molecule has 0 spiro atoms. The SMILES string of the molecule is N[C@@H](CF)c1ccc(Cl)c([N+](=O)[O-])c1. The van der Waals surface area contributed by atoms with E-state index in [0.29, 0.717) is 5.56 Å². The second-order valence-corrected chi connectivity index (χ2v) is 3.14. The van der Waals surface area contributed by atoms with Crippen LogP contribution in [0.4, 0.5) is 10.1 Å². The molecule has 0 aliphatic carbocycles. The predicted octanol–water partition coefficient (Wildman–Crippen LogP) is 2.22. The first-order valence-corrected chi connectivity index (χ1v) is 4.19. The van der Waals surface area contributed by atoms with Crippen LogP contribution in [0.25, 0.3) is 0 Å². The number of nitro benzene ring substituents is 1. The van der Waals surface area contributed by atoms with Gasteiger partial charge < -0.3 is 5.73 Å². The molecule has 0 bridgehead atoms. The fourth-order valence-electron chi connectivity index (χ4n) is 0.989. The second-order valence-electron chi connectivity index (χ2n) is 2.73. The molecular formula is C8H8ClFN2O2. The Balaban J connectivity index is 3.12. The highest BCUT2D eigenvalue weighted by atomic mass is 35.5. The quantitative estimate of drug-likeness (QED) is 0.625. The van der Waals surface area contributed by atoms with Gasteiger partial charge in [0.25, 0.3) is 5.69 Å². The maximum absolute atomic E-state index is 12.2. The molecule has 0 saturated heterocycles. The number of nitrogens with two attached hydrogens (primary N) is 1. The van der Waals surface area contributed by atoms with Gasteiger partial charge in [-0.1, -0.05) is 17.7 Å². The molecule has 0 unspecified atom stereocenters. The largest absolute Gasteiger partial charge is 0.322 e. The number of halogens is 2. The molecule has 0 aliphatic heterocycles. The third-order valence-corrected chi connectivity index (χ3v) is 2.08. The molecule has 0 radical (unpaired) electrons. The average molecular weight is 219 g/mol. The number of hydrogen-bond donors (Lipinski definition) is 1. The first-order valence-electron chi connectivity index (χ1n) is 3.81.